The molecule has 6 fully saturated rings. The van der Waals surface area contributed by atoms with Crippen LogP contribution in [0.1, 0.15) is 13.8 Å². The van der Waals surface area contributed by atoms with Gasteiger partial charge in [-0.25, -0.2) is 20.0 Å². The summed E-state index contributed by atoms with van der Waals surface area (Å²) in [5.41, 5.74) is 38.7. The summed E-state index contributed by atoms with van der Waals surface area (Å²) in [6.07, 6.45) is -48.0. The summed E-state index contributed by atoms with van der Waals surface area (Å²) < 4.78 is 48.4. The van der Waals surface area contributed by atoms with Crippen molar-refractivity contribution in [1.82, 2.24) is 16.0 Å². The van der Waals surface area contributed by atoms with E-state index >= 15 is 0 Å². The lowest BCUT2D eigenvalue weighted by Crippen LogP contribution is -2.72. The summed E-state index contributed by atoms with van der Waals surface area (Å²) >= 11 is 0. The molecule has 35 N–H and O–H groups in total. The van der Waals surface area contributed by atoms with Crippen LogP contribution < -0.4 is 61.8 Å². The summed E-state index contributed by atoms with van der Waals surface area (Å²) in [4.78, 5) is 15.5. The summed E-state index contributed by atoms with van der Waals surface area (Å²) in [6.45, 7) is 0.403. The summed E-state index contributed by atoms with van der Waals surface area (Å²) in [7, 11) is 2.59. The fourth-order valence-corrected chi connectivity index (χ4v) is 11.0. The molecule has 2 saturated carbocycles. The number of aliphatic hydroxyl groups excluding tert-OH is 14. The highest BCUT2D eigenvalue weighted by Crippen LogP contribution is 2.44. The molecule has 39 nitrogen and oxygen atoms in total. The minimum Gasteiger partial charge on any atom is -0.394 e. The Kier molecular flexibility index (Phi) is 21.6. The molecule has 4 heterocycles. The normalized spacial score (nSPS) is 48.1. The fourth-order valence-electron chi connectivity index (χ4n) is 11.0. The Bertz CT molecular complexity index is 2050. The van der Waals surface area contributed by atoms with Gasteiger partial charge in [0.25, 0.3) is 0 Å². The van der Waals surface area contributed by atoms with E-state index in [0.29, 0.717) is 0 Å². The molecule has 0 radical (unpaired) electrons. The first-order valence-electron chi connectivity index (χ1n) is 25.4. The topological polar surface area (TPSA) is 691 Å². The average Bonchev–Trinajstić information content (AvgIpc) is 3.93. The lowest BCUT2D eigenvalue weighted by molar-refractivity contribution is -0.326. The maximum Gasteiger partial charge on any atom is 0.187 e. The molecule has 6 aliphatic rings. The van der Waals surface area contributed by atoms with Crippen LogP contribution in [-0.4, -0.2) is 328 Å². The van der Waals surface area contributed by atoms with Crippen molar-refractivity contribution in [3.05, 3.63) is 0 Å². The molecular weight excluding hydrogens is 1100 g/mol. The van der Waals surface area contributed by atoms with E-state index in [1.165, 1.54) is 14.1 Å². The van der Waals surface area contributed by atoms with Crippen LogP contribution in [-0.2, 0) is 37.9 Å². The number of nitrogens with zero attached hydrogens (tertiary/aromatic N) is 4. The minimum atomic E-state index is -3.08. The number of hydrogen-bond donors (Lipinski definition) is 27. The van der Waals surface area contributed by atoms with Crippen molar-refractivity contribution in [2.24, 2.45) is 65.8 Å². The Hall–Kier alpha value is -4.00. The second-order valence-corrected chi connectivity index (χ2v) is 20.5. The second kappa shape index (κ2) is 26.5. The van der Waals surface area contributed by atoms with Gasteiger partial charge in [0.15, 0.2) is 60.2 Å². The lowest BCUT2D eigenvalue weighted by Gasteiger charge is -2.47. The van der Waals surface area contributed by atoms with Gasteiger partial charge >= 0.3 is 0 Å². The quantitative estimate of drug-likeness (QED) is 0.0306. The van der Waals surface area contributed by atoms with Crippen LogP contribution in [0.3, 0.4) is 0 Å². The van der Waals surface area contributed by atoms with Gasteiger partial charge in [-0.2, -0.15) is 0 Å². The minimum absolute atomic E-state index is 0.635. The van der Waals surface area contributed by atoms with Crippen molar-refractivity contribution in [3.63, 3.8) is 0 Å². The number of hydrogen-bond acceptors (Lipinski definition) is 31. The van der Waals surface area contributed by atoms with Gasteiger partial charge in [-0.15, -0.1) is 0 Å². The largest absolute Gasteiger partial charge is 0.394 e. The molecule has 4 aliphatic heterocycles. The standard InChI is InChI=1S/C42H81N15O24/c1-7-41(72,29(80-31-15(51-3)23(66)17(60)9(5-58)76-31)33(74-7)78-27-13(55-39(47)48)19(62)11(53-37(43)44)21(64)25(27)68)35(70)57-36(71)42(73)8(2)75-34(30(42)81-32-16(52-4)24(67)18(61)10(6-59)77-32)79-28-14(56-40(49)50)20(63)12(54-38(45)46)22(65)26(28)69/h7-36,51-52,57-73H,5-6H2,1-4H3,(H4,43,44,53)(H4,45,46,54)(H4,47,48,55)(H4,49,50,56). The Labute approximate surface area is 460 Å². The van der Waals surface area contributed by atoms with Crippen LogP contribution in [0.15, 0.2) is 20.0 Å². The zero-order valence-electron chi connectivity index (χ0n) is 44.1. The predicted molar refractivity (Wildman–Crippen MR) is 269 cm³/mol. The van der Waals surface area contributed by atoms with Crippen molar-refractivity contribution in [2.75, 3.05) is 27.3 Å². The number of aliphatic hydroxyl groups is 16. The third kappa shape index (κ3) is 12.8. The van der Waals surface area contributed by atoms with Crippen LogP contribution in [0.5, 0.6) is 0 Å². The number of nitrogens with one attached hydrogen (secondary N) is 3. The van der Waals surface area contributed by atoms with Crippen molar-refractivity contribution in [3.8, 4) is 0 Å². The number of ether oxygens (including phenoxy) is 8. The van der Waals surface area contributed by atoms with Crippen molar-refractivity contribution in [2.45, 2.75) is 209 Å². The Morgan fingerprint density at radius 2 is 0.753 bits per heavy atom. The van der Waals surface area contributed by atoms with E-state index in [2.05, 4.69) is 35.9 Å². The van der Waals surface area contributed by atoms with Crippen molar-refractivity contribution < 1.29 is 120 Å². The average molecular weight is 1180 g/mol. The number of nitrogens with two attached hydrogens (primary N) is 8. The molecular formula is C42H81N15O24. The van der Waals surface area contributed by atoms with Crippen molar-refractivity contribution >= 4 is 23.8 Å². The first kappa shape index (κ1) is 66.1. The molecule has 39 heteroatoms. The van der Waals surface area contributed by atoms with Gasteiger partial charge in [-0.1, -0.05) is 0 Å². The summed E-state index contributed by atoms with van der Waals surface area (Å²) in [6, 6.07) is -9.83. The molecule has 4 saturated heterocycles. The molecule has 0 aromatic rings. The molecule has 2 aliphatic carbocycles. The SMILES string of the molecule is CNC1C(OC2C(OC3C(O)C(O)C(N=C(N)N)C(O)C3N=C(N)N)OC(C)C2(O)C(O)NC(O)C2(O)C(C)OC(OC3C(O)C(O)C(N=C(N)N)C(O)C3N=C(N)N)C2OC2OC(CO)C(O)C(O)C2NC)OC(CO)C(O)C1O. The third-order valence-corrected chi connectivity index (χ3v) is 15.5. The third-order valence-electron chi connectivity index (χ3n) is 15.5. The molecule has 468 valence electrons. The number of guanidine groups is 4. The number of aliphatic imine (C=N–C) groups is 4. The van der Waals surface area contributed by atoms with Crippen LogP contribution in [0.25, 0.3) is 0 Å². The second-order valence-electron chi connectivity index (χ2n) is 20.5. The molecule has 32 atom stereocenters. The van der Waals surface area contributed by atoms with E-state index in [1.807, 2.05) is 0 Å². The van der Waals surface area contributed by atoms with Gasteiger partial charge in [-0.3, -0.25) is 5.32 Å². The van der Waals surface area contributed by atoms with Gasteiger partial charge < -0.3 is 176 Å². The summed E-state index contributed by atoms with van der Waals surface area (Å²) in [5, 5.41) is 191. The Morgan fingerprint density at radius 3 is 1.04 bits per heavy atom. The van der Waals surface area contributed by atoms with Gasteiger partial charge in [0.1, 0.15) is 134 Å². The first-order chi connectivity index (χ1) is 37.8. The van der Waals surface area contributed by atoms with Crippen LogP contribution >= 0.6 is 0 Å². The highest BCUT2D eigenvalue weighted by molar-refractivity contribution is 5.77. The maximum atomic E-state index is 12.9. The number of rotatable bonds is 20. The van der Waals surface area contributed by atoms with E-state index in [-0.39, 0.29) is 0 Å². The fraction of sp³-hybridized carbons (Fsp3) is 0.905. The number of likely N-dealkylation sites (N-methyl/N-ethyl adjacent to an activating group) is 2. The molecule has 32 unspecified atom stereocenters. The summed E-state index contributed by atoms with van der Waals surface area (Å²) in [5.74, 6) is -2.66. The van der Waals surface area contributed by atoms with E-state index in [0.717, 1.165) is 13.8 Å². The van der Waals surface area contributed by atoms with Gasteiger partial charge in [0, 0.05) is 0 Å². The van der Waals surface area contributed by atoms with Crippen LogP contribution in [0.4, 0.5) is 0 Å². The van der Waals surface area contributed by atoms with E-state index in [4.69, 9.17) is 83.8 Å². The lowest BCUT2D eigenvalue weighted by atomic mass is 9.81. The molecule has 0 aromatic carbocycles. The zero-order valence-corrected chi connectivity index (χ0v) is 44.1. The molecule has 0 spiro atoms. The maximum absolute atomic E-state index is 12.9. The van der Waals surface area contributed by atoms with Crippen LogP contribution in [0, 0.1) is 0 Å². The van der Waals surface area contributed by atoms with Gasteiger partial charge in [-0.05, 0) is 27.9 Å². The highest BCUT2D eigenvalue weighted by atomic mass is 16.8. The zero-order chi connectivity index (χ0) is 60.7. The highest BCUT2D eigenvalue weighted by Gasteiger charge is 2.67. The van der Waals surface area contributed by atoms with Crippen molar-refractivity contribution in [1.29, 1.82) is 0 Å². The molecule has 81 heavy (non-hydrogen) atoms. The predicted octanol–water partition coefficient (Wildman–Crippen LogP) is -17.5. The molecule has 0 bridgehead atoms. The molecule has 6 rings (SSSR count). The molecule has 0 aromatic heterocycles. The molecule has 0 amide bonds. The van der Waals surface area contributed by atoms with Crippen LogP contribution in [0.2, 0.25) is 0 Å². The van der Waals surface area contributed by atoms with Gasteiger partial charge in [0.2, 0.25) is 0 Å². The van der Waals surface area contributed by atoms with E-state index in [1.54, 1.807) is 0 Å². The Balaban J connectivity index is 1.43. The van der Waals surface area contributed by atoms with E-state index in [9.17, 15) is 81.7 Å². The monoisotopic (exact) mass is 1180 g/mol. The smallest absolute Gasteiger partial charge is 0.187 e. The first-order valence-corrected chi connectivity index (χ1v) is 25.4. The van der Waals surface area contributed by atoms with Gasteiger partial charge in [0.05, 0.1) is 37.5 Å². The Morgan fingerprint density at radius 1 is 0.444 bits per heavy atom. The van der Waals surface area contributed by atoms with E-state index < -0.39 is 232 Å².